The van der Waals surface area contributed by atoms with Crippen molar-refractivity contribution in [2.24, 2.45) is 0 Å². The summed E-state index contributed by atoms with van der Waals surface area (Å²) in [5.74, 6) is -0.750. The Morgan fingerprint density at radius 3 is 2.04 bits per heavy atom. The number of rotatable bonds is 6. The van der Waals surface area contributed by atoms with Crippen LogP contribution in [0.25, 0.3) is 11.1 Å². The minimum absolute atomic E-state index is 0.167. The zero-order valence-corrected chi connectivity index (χ0v) is 13.6. The van der Waals surface area contributed by atoms with Crippen molar-refractivity contribution in [3.05, 3.63) is 84.4 Å². The molecule has 4 nitrogen and oxygen atoms in total. The number of hydrogen-bond donors (Lipinski definition) is 3. The lowest BCUT2D eigenvalue weighted by atomic mass is 10.0. The van der Waals surface area contributed by atoms with E-state index in [9.17, 15) is 15.0 Å². The minimum atomic E-state index is -0.916. The van der Waals surface area contributed by atoms with Crippen LogP contribution in [0.15, 0.2) is 78.9 Å². The Hall–Kier alpha value is -3.27. The van der Waals surface area contributed by atoms with E-state index in [2.05, 4.69) is 5.32 Å². The fraction of sp³-hybridized carbons (Fsp3) is 0.0952. The molecular weight excluding hydrogens is 314 g/mol. The summed E-state index contributed by atoms with van der Waals surface area (Å²) in [4.78, 5) is 11.6. The van der Waals surface area contributed by atoms with Crippen LogP contribution in [0.3, 0.4) is 0 Å². The van der Waals surface area contributed by atoms with Crippen LogP contribution >= 0.6 is 0 Å². The van der Waals surface area contributed by atoms with Gasteiger partial charge in [-0.05, 0) is 41.0 Å². The monoisotopic (exact) mass is 333 g/mol. The van der Waals surface area contributed by atoms with Gasteiger partial charge in [0.05, 0.1) is 0 Å². The van der Waals surface area contributed by atoms with Crippen LogP contribution < -0.4 is 5.32 Å². The second-order valence-electron chi connectivity index (χ2n) is 5.85. The number of aromatic hydroxyl groups is 1. The van der Waals surface area contributed by atoms with E-state index in [-0.39, 0.29) is 5.75 Å². The molecule has 0 saturated carbocycles. The minimum Gasteiger partial charge on any atom is -0.508 e. The van der Waals surface area contributed by atoms with Crippen LogP contribution in [-0.4, -0.2) is 22.2 Å². The molecule has 3 aromatic carbocycles. The molecule has 4 heteroatoms. The maximum Gasteiger partial charge on any atom is 0.326 e. The highest BCUT2D eigenvalue weighted by molar-refractivity contribution is 5.78. The molecule has 0 fully saturated rings. The topological polar surface area (TPSA) is 69.6 Å². The summed E-state index contributed by atoms with van der Waals surface area (Å²) in [6, 6.07) is 23.5. The molecule has 0 saturated heterocycles. The Kier molecular flexibility index (Phi) is 5.00. The average molecular weight is 333 g/mol. The number of nitrogens with one attached hydrogen (secondary N) is 1. The Morgan fingerprint density at radius 2 is 1.44 bits per heavy atom. The summed E-state index contributed by atoms with van der Waals surface area (Å²) in [5.41, 5.74) is 3.80. The quantitative estimate of drug-likeness (QED) is 0.633. The zero-order valence-electron chi connectivity index (χ0n) is 13.6. The van der Waals surface area contributed by atoms with Crippen molar-refractivity contribution >= 4 is 11.7 Å². The van der Waals surface area contributed by atoms with E-state index in [0.717, 1.165) is 22.4 Å². The molecule has 3 aromatic rings. The summed E-state index contributed by atoms with van der Waals surface area (Å²) in [7, 11) is 0. The molecule has 0 aliphatic carbocycles. The molecule has 0 bridgehead atoms. The number of phenols is 1. The molecule has 1 atom stereocenters. The van der Waals surface area contributed by atoms with Crippen LogP contribution in [0.4, 0.5) is 5.69 Å². The summed E-state index contributed by atoms with van der Waals surface area (Å²) < 4.78 is 0. The molecule has 0 spiro atoms. The molecule has 25 heavy (non-hydrogen) atoms. The molecule has 0 aromatic heterocycles. The zero-order chi connectivity index (χ0) is 17.6. The molecule has 1 unspecified atom stereocenters. The molecule has 3 N–H and O–H groups in total. The summed E-state index contributed by atoms with van der Waals surface area (Å²) in [6.07, 6.45) is 0.329. The van der Waals surface area contributed by atoms with Gasteiger partial charge in [0.1, 0.15) is 11.8 Å². The number of carbonyl (C=O) groups is 1. The van der Waals surface area contributed by atoms with Gasteiger partial charge in [0, 0.05) is 12.1 Å². The van der Waals surface area contributed by atoms with Crippen LogP contribution in [-0.2, 0) is 11.2 Å². The number of carboxylic acids is 1. The van der Waals surface area contributed by atoms with Gasteiger partial charge in [0.25, 0.3) is 0 Å². The molecule has 0 aliphatic rings. The number of hydrogen-bond acceptors (Lipinski definition) is 3. The fourth-order valence-corrected chi connectivity index (χ4v) is 2.66. The predicted octanol–water partition coefficient (Wildman–Crippen LogP) is 4.17. The van der Waals surface area contributed by atoms with Crippen molar-refractivity contribution in [1.82, 2.24) is 0 Å². The van der Waals surface area contributed by atoms with Gasteiger partial charge in [-0.15, -0.1) is 0 Å². The molecule has 126 valence electrons. The van der Waals surface area contributed by atoms with Crippen LogP contribution in [0.5, 0.6) is 5.75 Å². The molecule has 0 heterocycles. The van der Waals surface area contributed by atoms with Crippen LogP contribution in [0.2, 0.25) is 0 Å². The lowest BCUT2D eigenvalue weighted by Gasteiger charge is -2.16. The first-order valence-electron chi connectivity index (χ1n) is 8.04. The van der Waals surface area contributed by atoms with E-state index < -0.39 is 12.0 Å². The fourth-order valence-electron chi connectivity index (χ4n) is 2.66. The number of phenolic OH excluding ortho intramolecular Hbond substituents is 1. The molecule has 0 amide bonds. The smallest absolute Gasteiger partial charge is 0.326 e. The van der Waals surface area contributed by atoms with Crippen molar-refractivity contribution in [2.45, 2.75) is 12.5 Å². The highest BCUT2D eigenvalue weighted by atomic mass is 16.4. The van der Waals surface area contributed by atoms with Crippen LogP contribution in [0.1, 0.15) is 5.56 Å². The maximum absolute atomic E-state index is 11.6. The van der Waals surface area contributed by atoms with E-state index in [1.165, 1.54) is 0 Å². The third kappa shape index (κ3) is 4.38. The molecule has 0 aliphatic heterocycles. The van der Waals surface area contributed by atoms with E-state index >= 15 is 0 Å². The molecule has 3 rings (SSSR count). The number of anilines is 1. The van der Waals surface area contributed by atoms with Crippen molar-refractivity contribution < 1.29 is 15.0 Å². The van der Waals surface area contributed by atoms with Gasteiger partial charge in [-0.1, -0.05) is 54.6 Å². The largest absolute Gasteiger partial charge is 0.508 e. The van der Waals surface area contributed by atoms with E-state index in [1.54, 1.807) is 24.3 Å². The van der Waals surface area contributed by atoms with E-state index in [4.69, 9.17) is 0 Å². The van der Waals surface area contributed by atoms with Gasteiger partial charge in [0.2, 0.25) is 0 Å². The standard InChI is InChI=1S/C21H19NO3/c23-19-12-6-15(7-13-19)14-20(21(24)25)22-18-10-8-17(9-11-18)16-4-2-1-3-5-16/h1-13,20,22-23H,14H2,(H,24,25). The van der Waals surface area contributed by atoms with E-state index in [1.807, 2.05) is 54.6 Å². The summed E-state index contributed by atoms with van der Waals surface area (Å²) in [5, 5.41) is 21.9. The van der Waals surface area contributed by atoms with Crippen molar-refractivity contribution in [2.75, 3.05) is 5.32 Å². The van der Waals surface area contributed by atoms with Crippen LogP contribution in [0, 0.1) is 0 Å². The number of carboxylic acid groups (broad SMARTS) is 1. The molecule has 0 radical (unpaired) electrons. The summed E-state index contributed by atoms with van der Waals surface area (Å²) in [6.45, 7) is 0. The van der Waals surface area contributed by atoms with Gasteiger partial charge in [0.15, 0.2) is 0 Å². The third-order valence-corrected chi connectivity index (χ3v) is 4.01. The van der Waals surface area contributed by atoms with Crippen molar-refractivity contribution in [3.63, 3.8) is 0 Å². The third-order valence-electron chi connectivity index (χ3n) is 4.01. The SMILES string of the molecule is O=C(O)C(Cc1ccc(O)cc1)Nc1ccc(-c2ccccc2)cc1. The van der Waals surface area contributed by atoms with Gasteiger partial charge < -0.3 is 15.5 Å². The highest BCUT2D eigenvalue weighted by Crippen LogP contribution is 2.22. The number of benzene rings is 3. The Bertz CT molecular complexity index is 827. The van der Waals surface area contributed by atoms with E-state index in [0.29, 0.717) is 6.42 Å². The second-order valence-corrected chi connectivity index (χ2v) is 5.85. The first-order chi connectivity index (χ1) is 12.1. The first-order valence-corrected chi connectivity index (χ1v) is 8.04. The highest BCUT2D eigenvalue weighted by Gasteiger charge is 2.17. The Morgan fingerprint density at radius 1 is 0.840 bits per heavy atom. The molecular formula is C21H19NO3. The van der Waals surface area contributed by atoms with Crippen molar-refractivity contribution in [3.8, 4) is 16.9 Å². The Balaban J connectivity index is 1.72. The van der Waals surface area contributed by atoms with Gasteiger partial charge in [-0.3, -0.25) is 0 Å². The maximum atomic E-state index is 11.6. The van der Waals surface area contributed by atoms with Gasteiger partial charge in [-0.2, -0.15) is 0 Å². The van der Waals surface area contributed by atoms with Gasteiger partial charge in [-0.25, -0.2) is 4.79 Å². The normalized spacial score (nSPS) is 11.7. The Labute approximate surface area is 146 Å². The lowest BCUT2D eigenvalue weighted by Crippen LogP contribution is -2.31. The lowest BCUT2D eigenvalue weighted by molar-refractivity contribution is -0.137. The average Bonchev–Trinajstić information content (AvgIpc) is 2.64. The van der Waals surface area contributed by atoms with Gasteiger partial charge >= 0.3 is 5.97 Å². The number of aliphatic carboxylic acids is 1. The summed E-state index contributed by atoms with van der Waals surface area (Å²) >= 11 is 0. The first kappa shape index (κ1) is 16.6. The predicted molar refractivity (Wildman–Crippen MR) is 98.7 cm³/mol. The second kappa shape index (κ2) is 7.53. The van der Waals surface area contributed by atoms with Crippen molar-refractivity contribution in [1.29, 1.82) is 0 Å².